The third kappa shape index (κ3) is 1.51. The number of anilines is 2. The van der Waals surface area contributed by atoms with Crippen LogP contribution in [0.4, 0.5) is 11.4 Å². The highest BCUT2D eigenvalue weighted by molar-refractivity contribution is 9.10. The zero-order valence-electron chi connectivity index (χ0n) is 6.56. The van der Waals surface area contributed by atoms with Gasteiger partial charge < -0.3 is 11.1 Å². The third-order valence-electron chi connectivity index (χ3n) is 1.53. The first-order chi connectivity index (χ1) is 5.69. The molecule has 0 bridgehead atoms. The zero-order valence-corrected chi connectivity index (χ0v) is 8.14. The van der Waals surface area contributed by atoms with E-state index in [9.17, 15) is 0 Å². The minimum absolute atomic E-state index is 0.577. The molecule has 0 unspecified atom stereocenters. The van der Waals surface area contributed by atoms with Gasteiger partial charge in [0.15, 0.2) is 0 Å². The quantitative estimate of drug-likeness (QED) is 0.719. The largest absolute Gasteiger partial charge is 0.397 e. The molecule has 3 nitrogen and oxygen atoms in total. The summed E-state index contributed by atoms with van der Waals surface area (Å²) < 4.78 is 0.724. The summed E-state index contributed by atoms with van der Waals surface area (Å²) in [5.41, 5.74) is 7.63. The number of hydrogen-bond donors (Lipinski definition) is 2. The topological polar surface area (TPSA) is 61.8 Å². The molecule has 4 heteroatoms. The van der Waals surface area contributed by atoms with E-state index in [1.807, 2.05) is 0 Å². The summed E-state index contributed by atoms with van der Waals surface area (Å²) in [5, 5.41) is 11.6. The molecule has 0 radical (unpaired) electrons. The molecular formula is C8H8BrN3. The van der Waals surface area contributed by atoms with Crippen molar-refractivity contribution < 1.29 is 0 Å². The van der Waals surface area contributed by atoms with Crippen LogP contribution in [0.2, 0.25) is 0 Å². The molecule has 0 spiro atoms. The monoisotopic (exact) mass is 225 g/mol. The van der Waals surface area contributed by atoms with Crippen molar-refractivity contribution in [1.82, 2.24) is 0 Å². The molecule has 1 aromatic rings. The number of nitrogens with zero attached hydrogens (tertiary/aromatic N) is 1. The second kappa shape index (κ2) is 3.46. The van der Waals surface area contributed by atoms with Crippen LogP contribution in [0.1, 0.15) is 5.56 Å². The van der Waals surface area contributed by atoms with Crippen LogP contribution < -0.4 is 11.1 Å². The molecule has 0 aliphatic rings. The van der Waals surface area contributed by atoms with Crippen molar-refractivity contribution in [3.63, 3.8) is 0 Å². The Morgan fingerprint density at radius 1 is 1.58 bits per heavy atom. The molecule has 1 aromatic carbocycles. The normalized spacial score (nSPS) is 9.08. The smallest absolute Gasteiger partial charge is 0.100 e. The summed E-state index contributed by atoms with van der Waals surface area (Å²) in [6, 6.07) is 5.48. The van der Waals surface area contributed by atoms with Crippen molar-refractivity contribution >= 4 is 27.3 Å². The van der Waals surface area contributed by atoms with Gasteiger partial charge in [0.2, 0.25) is 0 Å². The lowest BCUT2D eigenvalue weighted by atomic mass is 10.2. The molecule has 0 atom stereocenters. The van der Waals surface area contributed by atoms with Crippen LogP contribution in [0.15, 0.2) is 16.6 Å². The van der Waals surface area contributed by atoms with Crippen LogP contribution in [0.5, 0.6) is 0 Å². The van der Waals surface area contributed by atoms with E-state index in [1.165, 1.54) is 0 Å². The van der Waals surface area contributed by atoms with E-state index in [1.54, 1.807) is 19.2 Å². The Morgan fingerprint density at radius 2 is 2.25 bits per heavy atom. The summed E-state index contributed by atoms with van der Waals surface area (Å²) in [7, 11) is 1.76. The predicted octanol–water partition coefficient (Wildman–Crippen LogP) is 1.94. The molecule has 62 valence electrons. The first kappa shape index (κ1) is 8.88. The number of nitriles is 1. The minimum atomic E-state index is 0.577. The van der Waals surface area contributed by atoms with E-state index in [4.69, 9.17) is 11.0 Å². The molecule has 0 amide bonds. The molecule has 0 aromatic heterocycles. The maximum absolute atomic E-state index is 8.68. The van der Waals surface area contributed by atoms with E-state index in [2.05, 4.69) is 27.3 Å². The molecule has 0 heterocycles. The van der Waals surface area contributed by atoms with Gasteiger partial charge in [-0.2, -0.15) is 5.26 Å². The molecule has 0 saturated carbocycles. The number of halogens is 1. The Labute approximate surface area is 79.3 Å². The van der Waals surface area contributed by atoms with Crippen LogP contribution in [-0.2, 0) is 0 Å². The van der Waals surface area contributed by atoms with Crippen LogP contribution in [0.25, 0.3) is 0 Å². The summed E-state index contributed by atoms with van der Waals surface area (Å²) >= 11 is 3.24. The van der Waals surface area contributed by atoms with Gasteiger partial charge in [-0.15, -0.1) is 0 Å². The molecule has 0 aliphatic carbocycles. The number of hydrogen-bond acceptors (Lipinski definition) is 3. The fourth-order valence-corrected chi connectivity index (χ4v) is 1.34. The Morgan fingerprint density at radius 3 is 2.75 bits per heavy atom. The Balaban J connectivity index is 3.30. The summed E-state index contributed by atoms with van der Waals surface area (Å²) in [6.45, 7) is 0. The van der Waals surface area contributed by atoms with Crippen LogP contribution in [-0.4, -0.2) is 7.05 Å². The Kier molecular flexibility index (Phi) is 2.56. The van der Waals surface area contributed by atoms with E-state index in [0.29, 0.717) is 11.3 Å². The fraction of sp³-hybridized carbons (Fsp3) is 0.125. The average molecular weight is 226 g/mol. The standard InChI is InChI=1S/C8H8BrN3/c1-12-8-2-5(4-10)6(9)3-7(8)11/h2-3,12H,11H2,1H3. The highest BCUT2D eigenvalue weighted by Gasteiger charge is 2.03. The average Bonchev–Trinajstić information content (AvgIpc) is 2.05. The molecule has 0 aliphatic heterocycles. The van der Waals surface area contributed by atoms with Crippen molar-refractivity contribution in [2.24, 2.45) is 0 Å². The maximum atomic E-state index is 8.68. The number of nitrogens with one attached hydrogen (secondary N) is 1. The summed E-state index contributed by atoms with van der Waals surface area (Å²) in [6.07, 6.45) is 0. The van der Waals surface area contributed by atoms with Gasteiger partial charge in [-0.3, -0.25) is 0 Å². The van der Waals surface area contributed by atoms with Gasteiger partial charge in [-0.1, -0.05) is 0 Å². The van der Waals surface area contributed by atoms with Gasteiger partial charge in [0, 0.05) is 11.5 Å². The molecule has 0 saturated heterocycles. The van der Waals surface area contributed by atoms with Crippen molar-refractivity contribution in [1.29, 1.82) is 5.26 Å². The van der Waals surface area contributed by atoms with E-state index in [0.717, 1.165) is 10.2 Å². The molecule has 12 heavy (non-hydrogen) atoms. The van der Waals surface area contributed by atoms with Gasteiger partial charge >= 0.3 is 0 Å². The van der Waals surface area contributed by atoms with Crippen LogP contribution in [0.3, 0.4) is 0 Å². The van der Waals surface area contributed by atoms with Gasteiger partial charge in [-0.05, 0) is 28.1 Å². The van der Waals surface area contributed by atoms with Gasteiger partial charge in [-0.25, -0.2) is 0 Å². The summed E-state index contributed by atoms with van der Waals surface area (Å²) in [4.78, 5) is 0. The fourth-order valence-electron chi connectivity index (χ4n) is 0.891. The number of rotatable bonds is 1. The lowest BCUT2D eigenvalue weighted by Crippen LogP contribution is -1.96. The highest BCUT2D eigenvalue weighted by atomic mass is 79.9. The number of benzene rings is 1. The lowest BCUT2D eigenvalue weighted by molar-refractivity contribution is 1.44. The number of nitrogens with two attached hydrogens (primary N) is 1. The summed E-state index contributed by atoms with van der Waals surface area (Å²) in [5.74, 6) is 0. The second-order valence-corrected chi connectivity index (χ2v) is 3.14. The first-order valence-corrected chi connectivity index (χ1v) is 4.15. The lowest BCUT2D eigenvalue weighted by Gasteiger charge is -2.05. The van der Waals surface area contributed by atoms with Crippen molar-refractivity contribution in [2.75, 3.05) is 18.1 Å². The van der Waals surface area contributed by atoms with Gasteiger partial charge in [0.25, 0.3) is 0 Å². The van der Waals surface area contributed by atoms with E-state index < -0.39 is 0 Å². The SMILES string of the molecule is CNc1cc(C#N)c(Br)cc1N. The van der Waals surface area contributed by atoms with Crippen LogP contribution in [0, 0.1) is 11.3 Å². The van der Waals surface area contributed by atoms with Crippen molar-refractivity contribution in [2.45, 2.75) is 0 Å². The highest BCUT2D eigenvalue weighted by Crippen LogP contribution is 2.26. The molecular weight excluding hydrogens is 218 g/mol. The second-order valence-electron chi connectivity index (χ2n) is 2.28. The molecule has 1 rings (SSSR count). The zero-order chi connectivity index (χ0) is 9.14. The van der Waals surface area contributed by atoms with Crippen molar-refractivity contribution in [3.05, 3.63) is 22.2 Å². The van der Waals surface area contributed by atoms with Crippen LogP contribution >= 0.6 is 15.9 Å². The van der Waals surface area contributed by atoms with E-state index in [-0.39, 0.29) is 0 Å². The Hall–Kier alpha value is -1.21. The third-order valence-corrected chi connectivity index (χ3v) is 2.19. The maximum Gasteiger partial charge on any atom is 0.100 e. The van der Waals surface area contributed by atoms with Gasteiger partial charge in [0.1, 0.15) is 6.07 Å². The molecule has 3 N–H and O–H groups in total. The Bertz CT molecular complexity index is 341. The van der Waals surface area contributed by atoms with E-state index >= 15 is 0 Å². The molecule has 0 fully saturated rings. The minimum Gasteiger partial charge on any atom is -0.397 e. The van der Waals surface area contributed by atoms with Crippen molar-refractivity contribution in [3.8, 4) is 6.07 Å². The van der Waals surface area contributed by atoms with Gasteiger partial charge in [0.05, 0.1) is 16.9 Å². The number of nitrogen functional groups attached to an aromatic ring is 1. The predicted molar refractivity (Wildman–Crippen MR) is 52.8 cm³/mol. The first-order valence-electron chi connectivity index (χ1n) is 3.36.